The molecule has 9 heteroatoms. The van der Waals surface area contributed by atoms with Crippen LogP contribution in [0.15, 0.2) is 36.4 Å². The molecule has 2 aromatic heterocycles. The molecule has 3 aromatic rings. The van der Waals surface area contributed by atoms with Crippen LogP contribution in [0.4, 0.5) is 0 Å². The summed E-state index contributed by atoms with van der Waals surface area (Å²) in [5, 5.41) is 0. The molecule has 0 aliphatic carbocycles. The molecule has 27 heavy (non-hydrogen) atoms. The minimum Gasteiger partial charge on any atom is -0.481 e. The van der Waals surface area contributed by atoms with Crippen LogP contribution < -0.4 is 23.7 Å². The van der Waals surface area contributed by atoms with Gasteiger partial charge in [0, 0.05) is 11.6 Å². The van der Waals surface area contributed by atoms with E-state index in [9.17, 15) is 0 Å². The second-order valence-corrected chi connectivity index (χ2v) is 5.15. The van der Waals surface area contributed by atoms with E-state index >= 15 is 0 Å². The fourth-order valence-corrected chi connectivity index (χ4v) is 2.21. The molecule has 0 aliphatic rings. The van der Waals surface area contributed by atoms with Gasteiger partial charge in [-0.1, -0.05) is 12.1 Å². The maximum Gasteiger partial charge on any atom is 0.328 e. The van der Waals surface area contributed by atoms with Crippen molar-refractivity contribution in [3.63, 3.8) is 0 Å². The van der Waals surface area contributed by atoms with Gasteiger partial charge < -0.3 is 23.7 Å². The molecule has 0 radical (unpaired) electrons. The number of hydrogen-bond acceptors (Lipinski definition) is 9. The normalized spacial score (nSPS) is 10.2. The van der Waals surface area contributed by atoms with Crippen molar-refractivity contribution < 1.29 is 23.7 Å². The van der Waals surface area contributed by atoms with Gasteiger partial charge in [0.2, 0.25) is 17.6 Å². The van der Waals surface area contributed by atoms with Crippen molar-refractivity contribution >= 4 is 0 Å². The number of nitrogens with zero attached hydrogens (tertiary/aromatic N) is 4. The zero-order valence-electron chi connectivity index (χ0n) is 15.3. The predicted octanol–water partition coefficient (Wildman–Crippen LogP) is 2.76. The van der Waals surface area contributed by atoms with Crippen molar-refractivity contribution in [2.45, 2.75) is 0 Å². The summed E-state index contributed by atoms with van der Waals surface area (Å²) in [5.74, 6) is 1.57. The van der Waals surface area contributed by atoms with Gasteiger partial charge >= 0.3 is 12.0 Å². The number of aromatic nitrogens is 4. The molecule has 1 aromatic carbocycles. The molecule has 0 amide bonds. The maximum absolute atomic E-state index is 5.75. The third-order valence-electron chi connectivity index (χ3n) is 3.49. The molecule has 0 aliphatic heterocycles. The summed E-state index contributed by atoms with van der Waals surface area (Å²) in [6.07, 6.45) is 0. The van der Waals surface area contributed by atoms with Crippen LogP contribution in [-0.4, -0.2) is 48.4 Å². The largest absolute Gasteiger partial charge is 0.481 e. The first kappa shape index (κ1) is 18.2. The molecule has 140 valence electrons. The van der Waals surface area contributed by atoms with Gasteiger partial charge in [-0.15, -0.1) is 0 Å². The van der Waals surface area contributed by atoms with Crippen molar-refractivity contribution in [3.8, 4) is 46.7 Å². The Kier molecular flexibility index (Phi) is 5.50. The summed E-state index contributed by atoms with van der Waals surface area (Å²) < 4.78 is 26.3. The first-order valence-electron chi connectivity index (χ1n) is 7.87. The summed E-state index contributed by atoms with van der Waals surface area (Å²) in [6, 6.07) is 10.8. The van der Waals surface area contributed by atoms with Crippen molar-refractivity contribution in [2.75, 3.05) is 28.4 Å². The Hall–Kier alpha value is -3.62. The Morgan fingerprint density at radius 2 is 1.26 bits per heavy atom. The molecule has 9 nitrogen and oxygen atoms in total. The van der Waals surface area contributed by atoms with E-state index in [1.807, 2.05) is 12.1 Å². The van der Waals surface area contributed by atoms with Gasteiger partial charge in [0.05, 0.1) is 40.2 Å². The van der Waals surface area contributed by atoms with E-state index in [2.05, 4.69) is 19.9 Å². The van der Waals surface area contributed by atoms with Crippen molar-refractivity contribution in [1.82, 2.24) is 19.9 Å². The standard InChI is InChI=1S/C18H18N4O5/c1-23-14-9-13(19-17(20-14)26-4)11-6-5-7-12(8-11)27-18-21-15(24-2)10-16(22-18)25-3/h5-10H,1-4H3. The molecule has 0 unspecified atom stereocenters. The molecule has 2 heterocycles. The van der Waals surface area contributed by atoms with Crippen LogP contribution in [0, 0.1) is 0 Å². The number of hydrogen-bond donors (Lipinski definition) is 0. The van der Waals surface area contributed by atoms with E-state index in [-0.39, 0.29) is 12.0 Å². The number of rotatable bonds is 7. The van der Waals surface area contributed by atoms with Gasteiger partial charge in [0.15, 0.2) is 0 Å². The average molecular weight is 370 g/mol. The Balaban J connectivity index is 1.93. The van der Waals surface area contributed by atoms with Crippen molar-refractivity contribution in [2.24, 2.45) is 0 Å². The second kappa shape index (κ2) is 8.17. The topological polar surface area (TPSA) is 97.7 Å². The molecule has 0 fully saturated rings. The van der Waals surface area contributed by atoms with Crippen LogP contribution in [0.25, 0.3) is 11.3 Å². The zero-order chi connectivity index (χ0) is 19.2. The molecule has 0 saturated heterocycles. The lowest BCUT2D eigenvalue weighted by Gasteiger charge is -2.09. The molecule has 0 atom stereocenters. The monoisotopic (exact) mass is 370 g/mol. The summed E-state index contributed by atoms with van der Waals surface area (Å²) in [4.78, 5) is 16.7. The van der Waals surface area contributed by atoms with Crippen LogP contribution in [0.3, 0.4) is 0 Å². The van der Waals surface area contributed by atoms with Gasteiger partial charge in [-0.05, 0) is 12.1 Å². The number of benzene rings is 1. The van der Waals surface area contributed by atoms with Crippen molar-refractivity contribution in [1.29, 1.82) is 0 Å². The van der Waals surface area contributed by atoms with E-state index < -0.39 is 0 Å². The number of methoxy groups -OCH3 is 4. The molecule has 0 spiro atoms. The maximum atomic E-state index is 5.75. The first-order chi connectivity index (χ1) is 13.1. The fraction of sp³-hybridized carbons (Fsp3) is 0.222. The molecule has 3 rings (SSSR count). The van der Waals surface area contributed by atoms with Gasteiger partial charge in [-0.3, -0.25) is 0 Å². The first-order valence-corrected chi connectivity index (χ1v) is 7.87. The summed E-state index contributed by atoms with van der Waals surface area (Å²) in [6.45, 7) is 0. The van der Waals surface area contributed by atoms with Gasteiger partial charge in [0.25, 0.3) is 0 Å². The van der Waals surface area contributed by atoms with Gasteiger partial charge in [-0.25, -0.2) is 0 Å². The Morgan fingerprint density at radius 3 is 1.89 bits per heavy atom. The Labute approximate surface area is 155 Å². The lowest BCUT2D eigenvalue weighted by atomic mass is 10.1. The predicted molar refractivity (Wildman–Crippen MR) is 95.8 cm³/mol. The van der Waals surface area contributed by atoms with Crippen LogP contribution in [-0.2, 0) is 0 Å². The molecular weight excluding hydrogens is 352 g/mol. The fourth-order valence-electron chi connectivity index (χ4n) is 2.21. The highest BCUT2D eigenvalue weighted by Crippen LogP contribution is 2.29. The second-order valence-electron chi connectivity index (χ2n) is 5.15. The summed E-state index contributed by atoms with van der Waals surface area (Å²) in [5.41, 5.74) is 1.40. The smallest absolute Gasteiger partial charge is 0.328 e. The quantitative estimate of drug-likeness (QED) is 0.621. The molecule has 0 N–H and O–H groups in total. The molecule has 0 saturated carbocycles. The van der Waals surface area contributed by atoms with E-state index in [0.717, 1.165) is 5.56 Å². The number of ether oxygens (including phenoxy) is 5. The zero-order valence-corrected chi connectivity index (χ0v) is 15.3. The van der Waals surface area contributed by atoms with E-state index in [0.29, 0.717) is 29.1 Å². The van der Waals surface area contributed by atoms with Gasteiger partial charge in [-0.2, -0.15) is 19.9 Å². The van der Waals surface area contributed by atoms with E-state index in [4.69, 9.17) is 23.7 Å². The summed E-state index contributed by atoms with van der Waals surface area (Å²) >= 11 is 0. The minimum absolute atomic E-state index is 0.0983. The highest BCUT2D eigenvalue weighted by Gasteiger charge is 2.11. The SMILES string of the molecule is COc1cc(-c2cccc(Oc3nc(OC)cc(OC)n3)c2)nc(OC)n1. The van der Waals surface area contributed by atoms with E-state index in [1.54, 1.807) is 24.3 Å². The summed E-state index contributed by atoms with van der Waals surface area (Å²) in [7, 11) is 6.02. The molecule has 0 bridgehead atoms. The average Bonchev–Trinajstić information content (AvgIpc) is 2.73. The van der Waals surface area contributed by atoms with Crippen LogP contribution >= 0.6 is 0 Å². The molecular formula is C18H18N4O5. The van der Waals surface area contributed by atoms with Crippen LogP contribution in [0.5, 0.6) is 35.4 Å². The third-order valence-corrected chi connectivity index (χ3v) is 3.49. The third kappa shape index (κ3) is 4.32. The lowest BCUT2D eigenvalue weighted by molar-refractivity contribution is 0.348. The lowest BCUT2D eigenvalue weighted by Crippen LogP contribution is -1.99. The Bertz CT molecular complexity index is 891. The highest BCUT2D eigenvalue weighted by molar-refractivity contribution is 5.62. The van der Waals surface area contributed by atoms with Crippen LogP contribution in [0.1, 0.15) is 0 Å². The highest BCUT2D eigenvalue weighted by atomic mass is 16.5. The van der Waals surface area contributed by atoms with Gasteiger partial charge in [0.1, 0.15) is 5.75 Å². The minimum atomic E-state index is 0.0983. The van der Waals surface area contributed by atoms with Crippen LogP contribution in [0.2, 0.25) is 0 Å². The Morgan fingerprint density at radius 1 is 0.630 bits per heavy atom. The van der Waals surface area contributed by atoms with Crippen molar-refractivity contribution in [3.05, 3.63) is 36.4 Å². The van der Waals surface area contributed by atoms with E-state index in [1.165, 1.54) is 28.4 Å².